The molecule has 5 heteroatoms. The van der Waals surface area contributed by atoms with E-state index in [2.05, 4.69) is 5.32 Å². The van der Waals surface area contributed by atoms with Crippen LogP contribution in [0.5, 0.6) is 0 Å². The number of carbonyl (C=O) groups excluding carboxylic acids is 1. The number of aliphatic carboxylic acids is 1. The normalized spacial score (nSPS) is 14.9. The summed E-state index contributed by atoms with van der Waals surface area (Å²) in [6, 6.07) is -0.970. The molecule has 0 bridgehead atoms. The van der Waals surface area contributed by atoms with Crippen molar-refractivity contribution < 1.29 is 14.7 Å². The molecule has 0 saturated carbocycles. The number of rotatable bonds is 4. The first-order valence-corrected chi connectivity index (χ1v) is 3.68. The van der Waals surface area contributed by atoms with Crippen LogP contribution in [-0.2, 0) is 9.59 Å². The van der Waals surface area contributed by atoms with Gasteiger partial charge in [0, 0.05) is 13.5 Å². The summed E-state index contributed by atoms with van der Waals surface area (Å²) in [5.74, 6) is -1.62. The molecule has 0 aliphatic rings. The Kier molecular flexibility index (Phi) is 4.28. The van der Waals surface area contributed by atoms with Gasteiger partial charge in [0.2, 0.25) is 5.91 Å². The molecule has 0 unspecified atom stereocenters. The SMILES string of the molecule is CNC(=O)C[C@H](C)[C@H](N)C(=O)O. The van der Waals surface area contributed by atoms with Crippen molar-refractivity contribution in [3.63, 3.8) is 0 Å². The van der Waals surface area contributed by atoms with E-state index in [0.29, 0.717) is 0 Å². The van der Waals surface area contributed by atoms with Crippen molar-refractivity contribution in [2.75, 3.05) is 7.05 Å². The van der Waals surface area contributed by atoms with Crippen LogP contribution < -0.4 is 11.1 Å². The number of hydrogen-bond donors (Lipinski definition) is 3. The van der Waals surface area contributed by atoms with Gasteiger partial charge in [-0.3, -0.25) is 9.59 Å². The third-order valence-corrected chi connectivity index (χ3v) is 1.68. The molecule has 0 spiro atoms. The van der Waals surface area contributed by atoms with E-state index in [9.17, 15) is 9.59 Å². The zero-order valence-corrected chi connectivity index (χ0v) is 7.20. The number of nitrogens with two attached hydrogens (primary N) is 1. The minimum atomic E-state index is -1.08. The Balaban J connectivity index is 3.94. The van der Waals surface area contributed by atoms with Crippen LogP contribution >= 0.6 is 0 Å². The predicted molar refractivity (Wildman–Crippen MR) is 43.5 cm³/mol. The van der Waals surface area contributed by atoms with Crippen molar-refractivity contribution in [3.8, 4) is 0 Å². The molecule has 0 aliphatic heterocycles. The summed E-state index contributed by atoms with van der Waals surface area (Å²) >= 11 is 0. The van der Waals surface area contributed by atoms with Gasteiger partial charge in [0.15, 0.2) is 0 Å². The van der Waals surface area contributed by atoms with Gasteiger partial charge < -0.3 is 16.2 Å². The van der Waals surface area contributed by atoms with E-state index in [-0.39, 0.29) is 18.2 Å². The van der Waals surface area contributed by atoms with Crippen LogP contribution in [0.4, 0.5) is 0 Å². The van der Waals surface area contributed by atoms with Gasteiger partial charge in [-0.25, -0.2) is 0 Å². The van der Waals surface area contributed by atoms with Crippen LogP contribution in [-0.4, -0.2) is 30.1 Å². The average molecular weight is 174 g/mol. The van der Waals surface area contributed by atoms with E-state index < -0.39 is 12.0 Å². The van der Waals surface area contributed by atoms with E-state index in [1.165, 1.54) is 7.05 Å². The molecule has 2 atom stereocenters. The van der Waals surface area contributed by atoms with E-state index in [0.717, 1.165) is 0 Å². The molecule has 70 valence electrons. The van der Waals surface area contributed by atoms with Crippen molar-refractivity contribution in [1.82, 2.24) is 5.32 Å². The molecule has 12 heavy (non-hydrogen) atoms. The molecule has 1 amide bonds. The fourth-order valence-electron chi connectivity index (χ4n) is 0.765. The quantitative estimate of drug-likeness (QED) is 0.518. The van der Waals surface area contributed by atoms with Gasteiger partial charge in [-0.2, -0.15) is 0 Å². The van der Waals surface area contributed by atoms with Gasteiger partial charge in [0.1, 0.15) is 6.04 Å². The van der Waals surface area contributed by atoms with Crippen molar-refractivity contribution in [2.45, 2.75) is 19.4 Å². The minimum absolute atomic E-state index is 0.143. The molecule has 0 fully saturated rings. The van der Waals surface area contributed by atoms with Gasteiger partial charge in [0.25, 0.3) is 0 Å². The van der Waals surface area contributed by atoms with Crippen LogP contribution in [0.1, 0.15) is 13.3 Å². The fraction of sp³-hybridized carbons (Fsp3) is 0.714. The zero-order chi connectivity index (χ0) is 9.72. The Morgan fingerprint density at radius 1 is 1.58 bits per heavy atom. The molecular weight excluding hydrogens is 160 g/mol. The minimum Gasteiger partial charge on any atom is -0.480 e. The largest absolute Gasteiger partial charge is 0.480 e. The Morgan fingerprint density at radius 2 is 2.08 bits per heavy atom. The smallest absolute Gasteiger partial charge is 0.320 e. The maximum atomic E-state index is 10.8. The van der Waals surface area contributed by atoms with Crippen LogP contribution in [0.15, 0.2) is 0 Å². The first-order valence-electron chi connectivity index (χ1n) is 3.68. The molecule has 0 heterocycles. The van der Waals surface area contributed by atoms with E-state index in [4.69, 9.17) is 10.8 Å². The Hall–Kier alpha value is -1.10. The number of carbonyl (C=O) groups is 2. The predicted octanol–water partition coefficient (Wildman–Crippen LogP) is -0.829. The highest BCUT2D eigenvalue weighted by Gasteiger charge is 2.21. The van der Waals surface area contributed by atoms with E-state index in [1.807, 2.05) is 0 Å². The lowest BCUT2D eigenvalue weighted by Gasteiger charge is -2.14. The highest BCUT2D eigenvalue weighted by Crippen LogP contribution is 2.05. The summed E-state index contributed by atoms with van der Waals surface area (Å²) < 4.78 is 0. The highest BCUT2D eigenvalue weighted by atomic mass is 16.4. The molecule has 0 rings (SSSR count). The molecule has 5 nitrogen and oxygen atoms in total. The summed E-state index contributed by atoms with van der Waals surface area (Å²) in [4.78, 5) is 21.1. The van der Waals surface area contributed by atoms with Gasteiger partial charge in [-0.1, -0.05) is 6.92 Å². The number of hydrogen-bond acceptors (Lipinski definition) is 3. The lowest BCUT2D eigenvalue weighted by atomic mass is 9.99. The topological polar surface area (TPSA) is 92.4 Å². The van der Waals surface area contributed by atoms with Crippen LogP contribution in [0.3, 0.4) is 0 Å². The molecule has 0 aromatic rings. The standard InChI is InChI=1S/C7H14N2O3/c1-4(3-5(10)9-2)6(8)7(11)12/h4,6H,3,8H2,1-2H3,(H,9,10)(H,11,12)/t4-,6-/m0/s1. The molecule has 0 saturated heterocycles. The lowest BCUT2D eigenvalue weighted by molar-refractivity contribution is -0.139. The van der Waals surface area contributed by atoms with E-state index >= 15 is 0 Å². The molecule has 0 radical (unpaired) electrons. The zero-order valence-electron chi connectivity index (χ0n) is 7.20. The first-order chi connectivity index (χ1) is 5.49. The number of carboxylic acids is 1. The van der Waals surface area contributed by atoms with Gasteiger partial charge >= 0.3 is 5.97 Å². The van der Waals surface area contributed by atoms with Crippen molar-refractivity contribution in [1.29, 1.82) is 0 Å². The maximum absolute atomic E-state index is 10.8. The molecular formula is C7H14N2O3. The summed E-state index contributed by atoms with van der Waals surface area (Å²) in [5.41, 5.74) is 5.28. The maximum Gasteiger partial charge on any atom is 0.320 e. The summed E-state index contributed by atoms with van der Waals surface area (Å²) in [6.07, 6.45) is 0.143. The first kappa shape index (κ1) is 10.9. The van der Waals surface area contributed by atoms with Crippen molar-refractivity contribution >= 4 is 11.9 Å². The second-order valence-corrected chi connectivity index (χ2v) is 2.72. The highest BCUT2D eigenvalue weighted by molar-refractivity contribution is 5.78. The second kappa shape index (κ2) is 4.71. The third-order valence-electron chi connectivity index (χ3n) is 1.68. The van der Waals surface area contributed by atoms with Crippen LogP contribution in [0.2, 0.25) is 0 Å². The lowest BCUT2D eigenvalue weighted by Crippen LogP contribution is -2.38. The monoisotopic (exact) mass is 174 g/mol. The molecule has 4 N–H and O–H groups in total. The summed E-state index contributed by atoms with van der Waals surface area (Å²) in [6.45, 7) is 1.63. The Labute approximate surface area is 70.9 Å². The summed E-state index contributed by atoms with van der Waals surface area (Å²) in [5, 5.41) is 10.9. The molecule has 0 aromatic heterocycles. The molecule has 0 aliphatic carbocycles. The number of carboxylic acid groups (broad SMARTS) is 1. The van der Waals surface area contributed by atoms with Gasteiger partial charge in [-0.15, -0.1) is 0 Å². The summed E-state index contributed by atoms with van der Waals surface area (Å²) in [7, 11) is 1.50. The van der Waals surface area contributed by atoms with Gasteiger partial charge in [-0.05, 0) is 5.92 Å². The van der Waals surface area contributed by atoms with Crippen LogP contribution in [0.25, 0.3) is 0 Å². The van der Waals surface area contributed by atoms with E-state index in [1.54, 1.807) is 6.92 Å². The Morgan fingerprint density at radius 3 is 2.42 bits per heavy atom. The number of amides is 1. The third kappa shape index (κ3) is 3.34. The van der Waals surface area contributed by atoms with Crippen molar-refractivity contribution in [2.24, 2.45) is 11.7 Å². The number of nitrogens with one attached hydrogen (secondary N) is 1. The van der Waals surface area contributed by atoms with Crippen molar-refractivity contribution in [3.05, 3.63) is 0 Å². The molecule has 0 aromatic carbocycles. The van der Waals surface area contributed by atoms with Crippen LogP contribution in [0, 0.1) is 5.92 Å². The van der Waals surface area contributed by atoms with Gasteiger partial charge in [0.05, 0.1) is 0 Å². The average Bonchev–Trinajstić information content (AvgIpc) is 2.02. The fourth-order valence-corrected chi connectivity index (χ4v) is 0.765. The Bertz CT molecular complexity index is 181. The second-order valence-electron chi connectivity index (χ2n) is 2.72.